The van der Waals surface area contributed by atoms with Crippen LogP contribution in [0.15, 0.2) is 18.2 Å². The SMILES string of the molecule is OC1CCCN(c2nc3ccc(F)cc3s2)C1. The Labute approximate surface area is 103 Å². The van der Waals surface area contributed by atoms with E-state index in [1.165, 1.54) is 23.5 Å². The van der Waals surface area contributed by atoms with Crippen LogP contribution in [0.1, 0.15) is 12.8 Å². The van der Waals surface area contributed by atoms with Crippen LogP contribution in [0.2, 0.25) is 0 Å². The van der Waals surface area contributed by atoms with Crippen LogP contribution in [0.25, 0.3) is 10.2 Å². The standard InChI is InChI=1S/C12H13FN2OS/c13-8-3-4-10-11(6-8)17-12(14-10)15-5-1-2-9(16)7-15/h3-4,6,9,16H,1-2,5,7H2. The van der Waals surface area contributed by atoms with Gasteiger partial charge in [0.05, 0.1) is 16.3 Å². The van der Waals surface area contributed by atoms with Crippen LogP contribution in [0, 0.1) is 5.82 Å². The lowest BCUT2D eigenvalue weighted by Crippen LogP contribution is -2.38. The molecule has 1 aliphatic rings. The lowest BCUT2D eigenvalue weighted by atomic mass is 10.1. The monoisotopic (exact) mass is 252 g/mol. The first-order chi connectivity index (χ1) is 8.22. The third kappa shape index (κ3) is 2.12. The van der Waals surface area contributed by atoms with Gasteiger partial charge in [-0.3, -0.25) is 0 Å². The molecule has 17 heavy (non-hydrogen) atoms. The summed E-state index contributed by atoms with van der Waals surface area (Å²) >= 11 is 1.48. The molecule has 1 unspecified atom stereocenters. The Morgan fingerprint density at radius 2 is 2.35 bits per heavy atom. The predicted octanol–water partition coefficient (Wildman–Crippen LogP) is 2.40. The molecule has 1 N–H and O–H groups in total. The van der Waals surface area contributed by atoms with Crippen molar-refractivity contribution in [3.05, 3.63) is 24.0 Å². The van der Waals surface area contributed by atoms with E-state index in [1.54, 1.807) is 6.07 Å². The molecule has 2 aromatic rings. The van der Waals surface area contributed by atoms with Crippen LogP contribution >= 0.6 is 11.3 Å². The number of aromatic nitrogens is 1. The molecular weight excluding hydrogens is 239 g/mol. The van der Waals surface area contributed by atoms with Crippen molar-refractivity contribution in [2.24, 2.45) is 0 Å². The highest BCUT2D eigenvalue weighted by atomic mass is 32.1. The van der Waals surface area contributed by atoms with Crippen LogP contribution in [0.4, 0.5) is 9.52 Å². The maximum absolute atomic E-state index is 13.1. The summed E-state index contributed by atoms with van der Waals surface area (Å²) in [7, 11) is 0. The molecule has 3 rings (SSSR count). The van der Waals surface area contributed by atoms with Crippen LogP contribution in [-0.4, -0.2) is 29.3 Å². The van der Waals surface area contributed by atoms with Gasteiger partial charge in [0.1, 0.15) is 5.82 Å². The Morgan fingerprint density at radius 3 is 3.18 bits per heavy atom. The number of aliphatic hydroxyl groups is 1. The minimum absolute atomic E-state index is 0.230. The van der Waals surface area contributed by atoms with Crippen LogP contribution < -0.4 is 4.90 Å². The fourth-order valence-electron chi connectivity index (χ4n) is 2.15. The molecule has 2 heterocycles. The lowest BCUT2D eigenvalue weighted by Gasteiger charge is -2.29. The van der Waals surface area contributed by atoms with Gasteiger partial charge in [-0.15, -0.1) is 0 Å². The number of hydrogen-bond acceptors (Lipinski definition) is 4. The minimum Gasteiger partial charge on any atom is -0.391 e. The van der Waals surface area contributed by atoms with Gasteiger partial charge < -0.3 is 10.0 Å². The molecule has 1 aliphatic heterocycles. The van der Waals surface area contributed by atoms with E-state index in [2.05, 4.69) is 9.88 Å². The summed E-state index contributed by atoms with van der Waals surface area (Å²) in [6.45, 7) is 1.54. The summed E-state index contributed by atoms with van der Waals surface area (Å²) < 4.78 is 13.9. The molecule has 0 bridgehead atoms. The summed E-state index contributed by atoms with van der Waals surface area (Å²) in [6, 6.07) is 4.64. The van der Waals surface area contributed by atoms with Crippen LogP contribution in [0.5, 0.6) is 0 Å². The van der Waals surface area contributed by atoms with Gasteiger partial charge in [0.2, 0.25) is 0 Å². The lowest BCUT2D eigenvalue weighted by molar-refractivity contribution is 0.154. The van der Waals surface area contributed by atoms with Crippen molar-refractivity contribution >= 4 is 26.7 Å². The molecule has 0 amide bonds. The molecule has 0 spiro atoms. The van der Waals surface area contributed by atoms with E-state index in [0.717, 1.165) is 34.7 Å². The second-order valence-electron chi connectivity index (χ2n) is 4.35. The van der Waals surface area contributed by atoms with Gasteiger partial charge in [-0.2, -0.15) is 0 Å². The van der Waals surface area contributed by atoms with E-state index in [0.29, 0.717) is 6.54 Å². The van der Waals surface area contributed by atoms with Crippen molar-refractivity contribution in [3.8, 4) is 0 Å². The topological polar surface area (TPSA) is 36.4 Å². The van der Waals surface area contributed by atoms with E-state index in [9.17, 15) is 9.50 Å². The highest BCUT2D eigenvalue weighted by molar-refractivity contribution is 7.22. The molecular formula is C12H13FN2OS. The fourth-order valence-corrected chi connectivity index (χ4v) is 3.18. The Morgan fingerprint density at radius 1 is 1.47 bits per heavy atom. The number of thiazole rings is 1. The zero-order valence-electron chi connectivity index (χ0n) is 9.27. The van der Waals surface area contributed by atoms with Gasteiger partial charge >= 0.3 is 0 Å². The number of rotatable bonds is 1. The van der Waals surface area contributed by atoms with Crippen molar-refractivity contribution in [1.82, 2.24) is 4.98 Å². The van der Waals surface area contributed by atoms with E-state index in [1.807, 2.05) is 0 Å². The molecule has 1 atom stereocenters. The first kappa shape index (κ1) is 10.9. The Bertz CT molecular complexity index is 542. The predicted molar refractivity (Wildman–Crippen MR) is 67.0 cm³/mol. The number of anilines is 1. The van der Waals surface area contributed by atoms with Gasteiger partial charge in [-0.25, -0.2) is 9.37 Å². The normalized spacial score (nSPS) is 21.1. The molecule has 0 radical (unpaired) electrons. The summed E-state index contributed by atoms with van der Waals surface area (Å²) in [5.41, 5.74) is 0.825. The van der Waals surface area contributed by atoms with E-state index in [-0.39, 0.29) is 11.9 Å². The smallest absolute Gasteiger partial charge is 0.186 e. The Kier molecular flexibility index (Phi) is 2.72. The number of hydrogen-bond donors (Lipinski definition) is 1. The van der Waals surface area contributed by atoms with Gasteiger partial charge in [0, 0.05) is 13.1 Å². The summed E-state index contributed by atoms with van der Waals surface area (Å²) in [5.74, 6) is -0.230. The van der Waals surface area contributed by atoms with Gasteiger partial charge in [-0.05, 0) is 31.0 Å². The molecule has 5 heteroatoms. The molecule has 1 saturated heterocycles. The van der Waals surface area contributed by atoms with Crippen molar-refractivity contribution < 1.29 is 9.50 Å². The quantitative estimate of drug-likeness (QED) is 0.846. The third-order valence-electron chi connectivity index (χ3n) is 3.01. The highest BCUT2D eigenvalue weighted by Gasteiger charge is 2.20. The van der Waals surface area contributed by atoms with Gasteiger partial charge in [0.25, 0.3) is 0 Å². The average Bonchev–Trinajstić information content (AvgIpc) is 2.72. The highest BCUT2D eigenvalue weighted by Crippen LogP contribution is 2.30. The number of aliphatic hydroxyl groups excluding tert-OH is 1. The third-order valence-corrected chi connectivity index (χ3v) is 4.09. The first-order valence-electron chi connectivity index (χ1n) is 5.71. The molecule has 1 aromatic carbocycles. The average molecular weight is 252 g/mol. The maximum atomic E-state index is 13.1. The van der Waals surface area contributed by atoms with Crippen molar-refractivity contribution in [3.63, 3.8) is 0 Å². The number of halogens is 1. The van der Waals surface area contributed by atoms with E-state index in [4.69, 9.17) is 0 Å². The largest absolute Gasteiger partial charge is 0.391 e. The van der Waals surface area contributed by atoms with E-state index < -0.39 is 0 Å². The molecule has 0 saturated carbocycles. The van der Waals surface area contributed by atoms with Crippen LogP contribution in [-0.2, 0) is 0 Å². The second-order valence-corrected chi connectivity index (χ2v) is 5.36. The van der Waals surface area contributed by atoms with Crippen molar-refractivity contribution in [2.75, 3.05) is 18.0 Å². The summed E-state index contributed by atoms with van der Waals surface area (Å²) in [4.78, 5) is 6.56. The van der Waals surface area contributed by atoms with Crippen molar-refractivity contribution in [2.45, 2.75) is 18.9 Å². The molecule has 1 aromatic heterocycles. The van der Waals surface area contributed by atoms with Gasteiger partial charge in [-0.1, -0.05) is 11.3 Å². The molecule has 1 fully saturated rings. The minimum atomic E-state index is -0.271. The number of piperidine rings is 1. The Balaban J connectivity index is 1.94. The number of fused-ring (bicyclic) bond motifs is 1. The molecule has 0 aliphatic carbocycles. The molecule has 3 nitrogen and oxygen atoms in total. The number of nitrogens with zero attached hydrogens (tertiary/aromatic N) is 2. The zero-order chi connectivity index (χ0) is 11.8. The van der Waals surface area contributed by atoms with Crippen molar-refractivity contribution in [1.29, 1.82) is 0 Å². The van der Waals surface area contributed by atoms with Crippen LogP contribution in [0.3, 0.4) is 0 Å². The second kappa shape index (κ2) is 4.23. The fraction of sp³-hybridized carbons (Fsp3) is 0.417. The Hall–Kier alpha value is -1.20. The maximum Gasteiger partial charge on any atom is 0.186 e. The van der Waals surface area contributed by atoms with E-state index >= 15 is 0 Å². The number of β-amino-alcohol motifs (C(OH)–C–C–N with tert-alkyl or cyclic N) is 1. The summed E-state index contributed by atoms with van der Waals surface area (Å²) in [5, 5.41) is 10.5. The van der Waals surface area contributed by atoms with Gasteiger partial charge in [0.15, 0.2) is 5.13 Å². The zero-order valence-corrected chi connectivity index (χ0v) is 10.1. The molecule has 90 valence electrons. The number of benzene rings is 1. The first-order valence-corrected chi connectivity index (χ1v) is 6.53. The summed E-state index contributed by atoms with van der Waals surface area (Å²) in [6.07, 6.45) is 1.56.